The van der Waals surface area contributed by atoms with Gasteiger partial charge in [-0.25, -0.2) is 4.79 Å². The van der Waals surface area contributed by atoms with Gasteiger partial charge in [0.1, 0.15) is 24.2 Å². The van der Waals surface area contributed by atoms with Gasteiger partial charge in [-0.3, -0.25) is 4.79 Å². The highest BCUT2D eigenvalue weighted by atomic mass is 16.7. The van der Waals surface area contributed by atoms with Gasteiger partial charge >= 0.3 is 11.9 Å². The summed E-state index contributed by atoms with van der Waals surface area (Å²) in [7, 11) is 0. The lowest BCUT2D eigenvalue weighted by atomic mass is 9.83. The molecule has 14 heteroatoms. The molecule has 2 bridgehead atoms. The molecule has 0 aromatic rings. The van der Waals surface area contributed by atoms with Gasteiger partial charge < -0.3 is 60.1 Å². The number of epoxide rings is 1. The smallest absolute Gasteiger partial charge is 0.330 e. The summed E-state index contributed by atoms with van der Waals surface area (Å²) < 4.78 is 28.5. The van der Waals surface area contributed by atoms with Crippen LogP contribution in [0.4, 0.5) is 0 Å². The number of aliphatic hydroxyl groups is 5. The van der Waals surface area contributed by atoms with Gasteiger partial charge in [0.05, 0.1) is 48.8 Å². The third kappa shape index (κ3) is 10.6. The highest BCUT2D eigenvalue weighted by molar-refractivity contribution is 5.82. The largest absolute Gasteiger partial charge is 0.481 e. The first-order chi connectivity index (χ1) is 22.3. The summed E-state index contributed by atoms with van der Waals surface area (Å²) >= 11 is 0. The summed E-state index contributed by atoms with van der Waals surface area (Å²) in [4.78, 5) is 24.4. The fourth-order valence-electron chi connectivity index (χ4n) is 6.00. The Labute approximate surface area is 273 Å². The Bertz CT molecular complexity index is 1220. The molecule has 4 aliphatic heterocycles. The van der Waals surface area contributed by atoms with Crippen molar-refractivity contribution in [2.24, 2.45) is 11.7 Å². The Morgan fingerprint density at radius 1 is 0.936 bits per heavy atom. The molecule has 4 rings (SSSR count). The van der Waals surface area contributed by atoms with E-state index >= 15 is 0 Å². The molecular weight excluding hydrogens is 618 g/mol. The molecular formula is C33H47NO13. The number of rotatable bonds is 3. The quantitative estimate of drug-likeness (QED) is 0.157. The van der Waals surface area contributed by atoms with Gasteiger partial charge in [0, 0.05) is 38.2 Å². The molecule has 0 aromatic heterocycles. The normalized spacial score (nSPS) is 47.2. The van der Waals surface area contributed by atoms with E-state index in [0.717, 1.165) is 0 Å². The molecule has 14 nitrogen and oxygen atoms in total. The van der Waals surface area contributed by atoms with Crippen LogP contribution >= 0.6 is 0 Å². The maximum atomic E-state index is 12.3. The Kier molecular flexibility index (Phi) is 13.1. The minimum Gasteiger partial charge on any atom is -0.481 e. The number of aliphatic hydroxyl groups excluding tert-OH is 4. The molecule has 0 radical (unpaired) electrons. The molecule has 262 valence electrons. The minimum absolute atomic E-state index is 0.0789. The first-order valence-corrected chi connectivity index (χ1v) is 15.9. The Morgan fingerprint density at radius 2 is 1.64 bits per heavy atom. The number of hydrogen-bond acceptors (Lipinski definition) is 13. The molecule has 0 spiro atoms. The van der Waals surface area contributed by atoms with E-state index < -0.39 is 97.3 Å². The number of carbonyl (C=O) groups is 2. The second-order valence-corrected chi connectivity index (χ2v) is 12.6. The summed E-state index contributed by atoms with van der Waals surface area (Å²) in [5.41, 5.74) is 5.98. The maximum Gasteiger partial charge on any atom is 0.330 e. The number of carboxylic acids is 1. The van der Waals surface area contributed by atoms with E-state index in [9.17, 15) is 40.2 Å². The number of cyclic esters (lactones) is 1. The van der Waals surface area contributed by atoms with Crippen molar-refractivity contribution in [3.63, 3.8) is 0 Å². The molecule has 0 saturated carbocycles. The lowest BCUT2D eigenvalue weighted by molar-refractivity contribution is -0.308. The Morgan fingerprint density at radius 3 is 2.36 bits per heavy atom. The average molecular weight is 666 g/mol. The monoisotopic (exact) mass is 665 g/mol. The zero-order valence-corrected chi connectivity index (χ0v) is 26.4. The lowest BCUT2D eigenvalue weighted by Gasteiger charge is -2.45. The van der Waals surface area contributed by atoms with E-state index in [1.165, 1.54) is 12.2 Å². The first kappa shape index (κ1) is 37.1. The molecule has 0 aliphatic carbocycles. The predicted octanol–water partition coefficient (Wildman–Crippen LogP) is 0.120. The number of ether oxygens (including phenoxy) is 5. The van der Waals surface area contributed by atoms with Crippen molar-refractivity contribution in [3.8, 4) is 0 Å². The van der Waals surface area contributed by atoms with Crippen LogP contribution in [0.15, 0.2) is 60.8 Å². The van der Waals surface area contributed by atoms with Crippen molar-refractivity contribution in [2.75, 3.05) is 0 Å². The lowest BCUT2D eigenvalue weighted by Crippen LogP contribution is -2.61. The highest BCUT2D eigenvalue weighted by Gasteiger charge is 2.51. The van der Waals surface area contributed by atoms with Crippen LogP contribution in [-0.2, 0) is 33.3 Å². The first-order valence-electron chi connectivity index (χ1n) is 15.9. The molecule has 3 fully saturated rings. The number of esters is 1. The number of aliphatic carboxylic acids is 1. The van der Waals surface area contributed by atoms with E-state index in [1.54, 1.807) is 56.4 Å². The van der Waals surface area contributed by atoms with Crippen molar-refractivity contribution in [2.45, 2.75) is 125 Å². The minimum atomic E-state index is -2.10. The third-order valence-corrected chi connectivity index (χ3v) is 8.58. The predicted molar refractivity (Wildman–Crippen MR) is 165 cm³/mol. The van der Waals surface area contributed by atoms with Crippen LogP contribution in [0.2, 0.25) is 0 Å². The van der Waals surface area contributed by atoms with Crippen molar-refractivity contribution in [3.05, 3.63) is 60.8 Å². The molecule has 8 N–H and O–H groups in total. The number of hydrogen-bond donors (Lipinski definition) is 7. The number of nitrogens with two attached hydrogens (primary N) is 1. The van der Waals surface area contributed by atoms with E-state index in [2.05, 4.69) is 0 Å². The average Bonchev–Trinajstić information content (AvgIpc) is 3.72. The van der Waals surface area contributed by atoms with Crippen molar-refractivity contribution in [1.82, 2.24) is 0 Å². The van der Waals surface area contributed by atoms with Crippen LogP contribution in [0, 0.1) is 5.92 Å². The van der Waals surface area contributed by atoms with Crippen LogP contribution in [-0.4, -0.2) is 122 Å². The fourth-order valence-corrected chi connectivity index (χ4v) is 6.00. The molecule has 47 heavy (non-hydrogen) atoms. The summed E-state index contributed by atoms with van der Waals surface area (Å²) in [6, 6.07) is -1.08. The number of fused-ring (bicyclic) bond motifs is 3. The number of allylic oxidation sites excluding steroid dienone is 6. The Hall–Kier alpha value is -2.76. The van der Waals surface area contributed by atoms with Crippen LogP contribution in [0.3, 0.4) is 0 Å². The summed E-state index contributed by atoms with van der Waals surface area (Å²) in [5.74, 6) is -5.45. The van der Waals surface area contributed by atoms with Gasteiger partial charge in [0.25, 0.3) is 0 Å². The summed E-state index contributed by atoms with van der Waals surface area (Å²) in [6.45, 7) is 3.34. The van der Waals surface area contributed by atoms with Crippen LogP contribution < -0.4 is 5.73 Å². The number of carbonyl (C=O) groups excluding carboxylic acids is 1. The van der Waals surface area contributed by atoms with E-state index in [0.29, 0.717) is 6.42 Å². The zero-order valence-electron chi connectivity index (χ0n) is 26.4. The topological polar surface area (TPSA) is 231 Å². The van der Waals surface area contributed by atoms with Gasteiger partial charge in [-0.15, -0.1) is 0 Å². The van der Waals surface area contributed by atoms with E-state index in [-0.39, 0.29) is 25.4 Å². The van der Waals surface area contributed by atoms with Crippen LogP contribution in [0.5, 0.6) is 0 Å². The van der Waals surface area contributed by atoms with Gasteiger partial charge in [-0.1, -0.05) is 48.6 Å². The molecule has 14 atom stereocenters. The van der Waals surface area contributed by atoms with Crippen molar-refractivity contribution < 1.29 is 63.9 Å². The number of carboxylic acid groups (broad SMARTS) is 1. The van der Waals surface area contributed by atoms with Gasteiger partial charge in [-0.2, -0.15) is 0 Å². The molecule has 0 unspecified atom stereocenters. The second kappa shape index (κ2) is 16.6. The summed E-state index contributed by atoms with van der Waals surface area (Å²) in [6.07, 6.45) is 5.25. The van der Waals surface area contributed by atoms with Crippen molar-refractivity contribution >= 4 is 11.9 Å². The molecule has 0 amide bonds. The van der Waals surface area contributed by atoms with Gasteiger partial charge in [0.2, 0.25) is 0 Å². The Balaban J connectivity index is 1.58. The standard InChI is InChI=1S/C33H47NO13/c1-18-10-8-6-4-3-5-7-9-11-21(45-32-30(39)28(34)29(38)19(2)44-32)15-25-27(31(40)41)22(36)17-33(42,47-25)16-20(35)14-24-23(46-24)12-13-26(37)43-18/h3-9,11-13,18-25,27-30,32,35-36,38-39,42H,10,14-17,34H2,1-2H3,(H,40,41)/b4-3+,7-5+,8-6+,11-9+,13-12+/t18-,19-,20+,21+,22+,23+,24-,25+,27-,28+,29-,30+,32+,33-/m1/s1. The maximum absolute atomic E-state index is 12.3. The highest BCUT2D eigenvalue weighted by Crippen LogP contribution is 2.39. The zero-order chi connectivity index (χ0) is 34.3. The second-order valence-electron chi connectivity index (χ2n) is 12.6. The molecule has 4 heterocycles. The SMILES string of the molecule is C[C@@H]1C/C=C/C=C/C=C/C=C/[C@H](O[C@@H]2O[C@H](C)[C@@H](O)[C@H](N)[C@@H]2O)C[C@@H]2O[C@](O)(C[C@@H](O)C[C@H]3O[C@H]3/C=C/C(=O)O1)C[C@H](O)[C@H]2C(=O)O. The van der Waals surface area contributed by atoms with E-state index in [1.807, 2.05) is 6.08 Å². The van der Waals surface area contributed by atoms with Crippen LogP contribution in [0.25, 0.3) is 0 Å². The summed E-state index contributed by atoms with van der Waals surface area (Å²) in [5, 5.41) is 63.9. The fraction of sp³-hybridized carbons (Fsp3) is 0.636. The van der Waals surface area contributed by atoms with Gasteiger partial charge in [0.15, 0.2) is 12.1 Å². The van der Waals surface area contributed by atoms with Crippen LogP contribution in [0.1, 0.15) is 46.0 Å². The molecule has 4 aliphatic rings. The van der Waals surface area contributed by atoms with Gasteiger partial charge in [-0.05, 0) is 19.9 Å². The third-order valence-electron chi connectivity index (χ3n) is 8.58. The molecule has 3 saturated heterocycles. The molecule has 0 aromatic carbocycles. The van der Waals surface area contributed by atoms with E-state index in [4.69, 9.17) is 29.4 Å². The van der Waals surface area contributed by atoms with Crippen molar-refractivity contribution in [1.29, 1.82) is 0 Å².